The van der Waals surface area contributed by atoms with Crippen LogP contribution < -0.4 is 0 Å². The van der Waals surface area contributed by atoms with Crippen molar-refractivity contribution in [3.63, 3.8) is 0 Å². The van der Waals surface area contributed by atoms with Gasteiger partial charge in [0.25, 0.3) is 0 Å². The van der Waals surface area contributed by atoms with E-state index in [2.05, 4.69) is 14.8 Å². The summed E-state index contributed by atoms with van der Waals surface area (Å²) in [6, 6.07) is 0. The Bertz CT molecular complexity index is 391. The first kappa shape index (κ1) is 11.4. The first-order valence-corrected chi connectivity index (χ1v) is 6.38. The molecule has 0 aromatic carbocycles. The Hall–Kier alpha value is -1.04. The lowest BCUT2D eigenvalue weighted by Gasteiger charge is -2.08. The zero-order valence-corrected chi connectivity index (χ0v) is 10.0. The average molecular weight is 241 g/mol. The fraction of sp³-hybridized carbons (Fsp3) is 0.700. The second kappa shape index (κ2) is 4.86. The van der Waals surface area contributed by atoms with Gasteiger partial charge in [0, 0.05) is 13.0 Å². The maximum atomic E-state index is 10.8. The maximum Gasteiger partial charge on any atom is 0.316 e. The molecule has 1 aliphatic heterocycles. The van der Waals surface area contributed by atoms with Crippen molar-refractivity contribution >= 4 is 17.7 Å². The van der Waals surface area contributed by atoms with Gasteiger partial charge in [-0.1, -0.05) is 18.2 Å². The minimum atomic E-state index is -0.809. The normalized spacial score (nSPS) is 17.6. The van der Waals surface area contributed by atoms with Crippen molar-refractivity contribution < 1.29 is 9.90 Å². The third-order valence-corrected chi connectivity index (χ3v) is 3.77. The van der Waals surface area contributed by atoms with Crippen LogP contribution in [-0.4, -0.2) is 31.1 Å². The minimum Gasteiger partial charge on any atom is -0.480 e. The fourth-order valence-corrected chi connectivity index (χ4v) is 2.58. The molecule has 0 amide bonds. The Kier molecular flexibility index (Phi) is 3.48. The number of thioether (sulfide) groups is 1. The van der Waals surface area contributed by atoms with Gasteiger partial charge in [-0.05, 0) is 19.8 Å². The summed E-state index contributed by atoms with van der Waals surface area (Å²) < 4.78 is 2.07. The van der Waals surface area contributed by atoms with E-state index >= 15 is 0 Å². The third-order valence-electron chi connectivity index (χ3n) is 2.71. The predicted molar refractivity (Wildman–Crippen MR) is 60.5 cm³/mol. The highest BCUT2D eigenvalue weighted by Gasteiger charge is 2.20. The molecule has 0 saturated heterocycles. The highest BCUT2D eigenvalue weighted by Crippen LogP contribution is 2.25. The first-order valence-electron chi connectivity index (χ1n) is 5.50. The van der Waals surface area contributed by atoms with E-state index in [4.69, 9.17) is 5.11 Å². The summed E-state index contributed by atoms with van der Waals surface area (Å²) in [6.07, 6.45) is 4.44. The van der Waals surface area contributed by atoms with Crippen molar-refractivity contribution in [1.29, 1.82) is 0 Å². The van der Waals surface area contributed by atoms with Crippen molar-refractivity contribution in [2.45, 2.75) is 49.6 Å². The van der Waals surface area contributed by atoms with E-state index in [-0.39, 0.29) is 0 Å². The minimum absolute atomic E-state index is 0.475. The summed E-state index contributed by atoms with van der Waals surface area (Å²) in [4.78, 5) is 10.8. The molecule has 5 nitrogen and oxygen atoms in total. The van der Waals surface area contributed by atoms with Gasteiger partial charge < -0.3 is 9.67 Å². The largest absolute Gasteiger partial charge is 0.480 e. The number of aromatic nitrogens is 3. The molecule has 6 heteroatoms. The molecular formula is C10H15N3O2S. The number of carbonyl (C=O) groups is 1. The van der Waals surface area contributed by atoms with E-state index in [1.807, 2.05) is 0 Å². The SMILES string of the molecule is CC(Sc1nnc2n1CCCCC2)C(=O)O. The molecule has 0 saturated carbocycles. The molecule has 16 heavy (non-hydrogen) atoms. The molecule has 0 bridgehead atoms. The van der Waals surface area contributed by atoms with E-state index < -0.39 is 11.2 Å². The van der Waals surface area contributed by atoms with Gasteiger partial charge in [-0.25, -0.2) is 0 Å². The molecule has 88 valence electrons. The zero-order valence-electron chi connectivity index (χ0n) is 9.22. The highest BCUT2D eigenvalue weighted by atomic mass is 32.2. The topological polar surface area (TPSA) is 68.0 Å². The average Bonchev–Trinajstić information content (AvgIpc) is 2.50. The van der Waals surface area contributed by atoms with Crippen molar-refractivity contribution in [1.82, 2.24) is 14.8 Å². The molecule has 1 aromatic rings. The molecule has 1 atom stereocenters. The lowest BCUT2D eigenvalue weighted by molar-refractivity contribution is -0.136. The summed E-state index contributed by atoms with van der Waals surface area (Å²) in [5, 5.41) is 17.3. The molecule has 1 aliphatic rings. The number of rotatable bonds is 3. The van der Waals surface area contributed by atoms with Crippen molar-refractivity contribution in [3.8, 4) is 0 Å². The number of aryl methyl sites for hydroxylation is 1. The number of aliphatic carboxylic acids is 1. The van der Waals surface area contributed by atoms with E-state index in [0.29, 0.717) is 0 Å². The summed E-state index contributed by atoms with van der Waals surface area (Å²) in [5.41, 5.74) is 0. The third kappa shape index (κ3) is 2.37. The van der Waals surface area contributed by atoms with Crippen molar-refractivity contribution in [3.05, 3.63) is 5.82 Å². The number of carboxylic acid groups (broad SMARTS) is 1. The smallest absolute Gasteiger partial charge is 0.316 e. The van der Waals surface area contributed by atoms with Gasteiger partial charge in [0.15, 0.2) is 5.16 Å². The monoisotopic (exact) mass is 241 g/mol. The van der Waals surface area contributed by atoms with Crippen LogP contribution in [0.15, 0.2) is 5.16 Å². The molecule has 1 unspecified atom stereocenters. The van der Waals surface area contributed by atoms with Crippen LogP contribution in [-0.2, 0) is 17.8 Å². The second-order valence-corrected chi connectivity index (χ2v) is 5.27. The van der Waals surface area contributed by atoms with E-state index in [0.717, 1.165) is 36.8 Å². The summed E-state index contributed by atoms with van der Waals surface area (Å²) >= 11 is 1.27. The van der Waals surface area contributed by atoms with E-state index in [9.17, 15) is 4.79 Å². The Morgan fingerprint density at radius 1 is 1.44 bits per heavy atom. The maximum absolute atomic E-state index is 10.8. The van der Waals surface area contributed by atoms with Gasteiger partial charge in [0.05, 0.1) is 0 Å². The Morgan fingerprint density at radius 3 is 3.00 bits per heavy atom. The number of fused-ring (bicyclic) bond motifs is 1. The molecule has 0 aliphatic carbocycles. The summed E-state index contributed by atoms with van der Waals surface area (Å²) in [6.45, 7) is 2.59. The van der Waals surface area contributed by atoms with Crippen molar-refractivity contribution in [2.24, 2.45) is 0 Å². The molecule has 0 radical (unpaired) electrons. The van der Waals surface area contributed by atoms with Crippen LogP contribution in [0.4, 0.5) is 0 Å². The predicted octanol–water partition coefficient (Wildman–Crippen LogP) is 1.57. The number of carboxylic acids is 1. The lowest BCUT2D eigenvalue weighted by Crippen LogP contribution is -2.13. The van der Waals surface area contributed by atoms with Crippen LogP contribution in [0.25, 0.3) is 0 Å². The number of hydrogen-bond acceptors (Lipinski definition) is 4. The molecule has 0 fully saturated rings. The molecule has 2 rings (SSSR count). The molecule has 2 heterocycles. The van der Waals surface area contributed by atoms with Crippen LogP contribution in [0.2, 0.25) is 0 Å². The van der Waals surface area contributed by atoms with Crippen LogP contribution in [0.1, 0.15) is 32.0 Å². The number of nitrogens with zero attached hydrogens (tertiary/aromatic N) is 3. The Morgan fingerprint density at radius 2 is 2.25 bits per heavy atom. The van der Waals surface area contributed by atoms with Gasteiger partial charge in [-0.2, -0.15) is 0 Å². The second-order valence-electron chi connectivity index (χ2n) is 3.96. The van der Waals surface area contributed by atoms with Crippen LogP contribution in [0.3, 0.4) is 0 Å². The Balaban J connectivity index is 2.16. The fourth-order valence-electron chi connectivity index (χ4n) is 1.75. The molecular weight excluding hydrogens is 226 g/mol. The zero-order chi connectivity index (χ0) is 11.5. The lowest BCUT2D eigenvalue weighted by atomic mass is 10.2. The highest BCUT2D eigenvalue weighted by molar-refractivity contribution is 8.00. The number of hydrogen-bond donors (Lipinski definition) is 1. The van der Waals surface area contributed by atoms with Crippen molar-refractivity contribution in [2.75, 3.05) is 0 Å². The Labute approximate surface area is 98.3 Å². The van der Waals surface area contributed by atoms with E-state index in [1.54, 1.807) is 6.92 Å². The van der Waals surface area contributed by atoms with Gasteiger partial charge in [0.1, 0.15) is 11.1 Å². The standard InChI is InChI=1S/C10H15N3O2S/c1-7(9(14)15)16-10-12-11-8-5-3-2-4-6-13(8)10/h7H,2-6H2,1H3,(H,14,15). The molecule has 1 aromatic heterocycles. The van der Waals surface area contributed by atoms with Gasteiger partial charge in [-0.3, -0.25) is 4.79 Å². The van der Waals surface area contributed by atoms with Gasteiger partial charge in [-0.15, -0.1) is 10.2 Å². The first-order chi connectivity index (χ1) is 7.68. The molecule has 1 N–H and O–H groups in total. The van der Waals surface area contributed by atoms with Crippen LogP contribution in [0.5, 0.6) is 0 Å². The summed E-state index contributed by atoms with van der Waals surface area (Å²) in [7, 11) is 0. The van der Waals surface area contributed by atoms with Crippen LogP contribution in [0, 0.1) is 0 Å². The van der Waals surface area contributed by atoms with Crippen LogP contribution >= 0.6 is 11.8 Å². The molecule has 0 spiro atoms. The van der Waals surface area contributed by atoms with Gasteiger partial charge >= 0.3 is 5.97 Å². The van der Waals surface area contributed by atoms with E-state index in [1.165, 1.54) is 18.2 Å². The quantitative estimate of drug-likeness (QED) is 0.813. The van der Waals surface area contributed by atoms with Gasteiger partial charge in [0.2, 0.25) is 0 Å². The summed E-state index contributed by atoms with van der Waals surface area (Å²) in [5.74, 6) is 0.188.